The molecule has 0 radical (unpaired) electrons. The summed E-state index contributed by atoms with van der Waals surface area (Å²) in [7, 11) is -2.13. The summed E-state index contributed by atoms with van der Waals surface area (Å²) in [6.07, 6.45) is 2.59. The summed E-state index contributed by atoms with van der Waals surface area (Å²) < 4.78 is 6.14. The standard InChI is InChI=1S/C19H28O4Si/c1-19(2,3)24(4,5)23-17(14-18(21)22)13-16(20)12-11-15-9-7-6-8-10-15/h6-12,17H,13-14H2,1-5H3,(H,21,22)/t17-/m1/s1. The van der Waals surface area contributed by atoms with Gasteiger partial charge in [-0.25, -0.2) is 0 Å². The van der Waals surface area contributed by atoms with Crippen LogP contribution in [0.5, 0.6) is 0 Å². The van der Waals surface area contributed by atoms with Crippen LogP contribution in [0.15, 0.2) is 36.4 Å². The van der Waals surface area contributed by atoms with Gasteiger partial charge in [0.05, 0.1) is 12.5 Å². The fourth-order valence-electron chi connectivity index (χ4n) is 1.99. The third-order valence-corrected chi connectivity index (χ3v) is 8.89. The number of hydrogen-bond donors (Lipinski definition) is 1. The summed E-state index contributed by atoms with van der Waals surface area (Å²) in [6, 6.07) is 9.53. The minimum Gasteiger partial charge on any atom is -0.481 e. The SMILES string of the molecule is CC(C)(C)[Si](C)(C)O[C@@H](CC(=O)O)CC(=O)C=Cc1ccccc1. The zero-order chi connectivity index (χ0) is 18.4. The van der Waals surface area contributed by atoms with Crippen molar-refractivity contribution in [2.45, 2.75) is 57.8 Å². The second-order valence-electron chi connectivity index (χ2n) is 7.51. The maximum absolute atomic E-state index is 12.2. The molecule has 0 saturated heterocycles. The number of rotatable bonds is 8. The van der Waals surface area contributed by atoms with Crippen LogP contribution < -0.4 is 0 Å². The van der Waals surface area contributed by atoms with Crippen molar-refractivity contribution in [3.05, 3.63) is 42.0 Å². The Kier molecular flexibility index (Phi) is 7.11. The van der Waals surface area contributed by atoms with Crippen LogP contribution in [0, 0.1) is 0 Å². The number of hydrogen-bond acceptors (Lipinski definition) is 3. The van der Waals surface area contributed by atoms with Gasteiger partial charge in [-0.3, -0.25) is 9.59 Å². The van der Waals surface area contributed by atoms with Gasteiger partial charge in [-0.05, 0) is 29.8 Å². The lowest BCUT2D eigenvalue weighted by molar-refractivity contribution is -0.139. The first-order valence-corrected chi connectivity index (χ1v) is 11.1. The predicted molar refractivity (Wildman–Crippen MR) is 99.4 cm³/mol. The molecular formula is C19H28O4Si. The van der Waals surface area contributed by atoms with Gasteiger partial charge in [0.2, 0.25) is 0 Å². The Labute approximate surface area is 145 Å². The molecule has 4 nitrogen and oxygen atoms in total. The summed E-state index contributed by atoms with van der Waals surface area (Å²) in [5.41, 5.74) is 0.936. The molecule has 24 heavy (non-hydrogen) atoms. The third-order valence-electron chi connectivity index (χ3n) is 4.36. The summed E-state index contributed by atoms with van der Waals surface area (Å²) in [6.45, 7) is 10.4. The lowest BCUT2D eigenvalue weighted by Gasteiger charge is -2.38. The molecule has 0 fully saturated rings. The predicted octanol–water partition coefficient (Wildman–Crippen LogP) is 4.52. The molecule has 0 aliphatic heterocycles. The van der Waals surface area contributed by atoms with Gasteiger partial charge < -0.3 is 9.53 Å². The van der Waals surface area contributed by atoms with Crippen LogP contribution in [0.2, 0.25) is 18.1 Å². The molecular weight excluding hydrogens is 320 g/mol. The van der Waals surface area contributed by atoms with Crippen LogP contribution in [0.3, 0.4) is 0 Å². The highest BCUT2D eigenvalue weighted by Crippen LogP contribution is 2.38. The maximum Gasteiger partial charge on any atom is 0.305 e. The molecule has 1 atom stereocenters. The van der Waals surface area contributed by atoms with Gasteiger partial charge in [-0.2, -0.15) is 0 Å². The molecule has 0 aliphatic carbocycles. The number of carboxylic acids is 1. The van der Waals surface area contributed by atoms with Crippen molar-refractivity contribution in [2.75, 3.05) is 0 Å². The molecule has 5 heteroatoms. The minimum atomic E-state index is -2.13. The molecule has 1 aromatic carbocycles. The Morgan fingerprint density at radius 3 is 2.25 bits per heavy atom. The number of carboxylic acid groups (broad SMARTS) is 1. The molecule has 1 rings (SSSR count). The Morgan fingerprint density at radius 1 is 1.17 bits per heavy atom. The van der Waals surface area contributed by atoms with Gasteiger partial charge in [-0.1, -0.05) is 57.2 Å². The molecule has 132 valence electrons. The lowest BCUT2D eigenvalue weighted by atomic mass is 10.1. The van der Waals surface area contributed by atoms with E-state index in [0.29, 0.717) is 0 Å². The third kappa shape index (κ3) is 6.80. The minimum absolute atomic E-state index is 0.0350. The lowest BCUT2D eigenvalue weighted by Crippen LogP contribution is -2.44. The molecule has 0 amide bonds. The molecule has 0 heterocycles. The van der Waals surface area contributed by atoms with E-state index in [4.69, 9.17) is 9.53 Å². The van der Waals surface area contributed by atoms with Gasteiger partial charge in [0, 0.05) is 6.42 Å². The molecule has 1 aromatic rings. The highest BCUT2D eigenvalue weighted by atomic mass is 28.4. The van der Waals surface area contributed by atoms with E-state index in [1.54, 1.807) is 6.08 Å². The van der Waals surface area contributed by atoms with Crippen molar-refractivity contribution in [3.63, 3.8) is 0 Å². The van der Waals surface area contributed by atoms with Gasteiger partial charge in [0.15, 0.2) is 14.1 Å². The van der Waals surface area contributed by atoms with Gasteiger partial charge >= 0.3 is 5.97 Å². The monoisotopic (exact) mass is 348 g/mol. The summed E-state index contributed by atoms with van der Waals surface area (Å²) in [5.74, 6) is -1.07. The van der Waals surface area contributed by atoms with E-state index in [9.17, 15) is 9.59 Å². The first kappa shape index (κ1) is 20.3. The van der Waals surface area contributed by atoms with E-state index in [-0.39, 0.29) is 23.7 Å². The maximum atomic E-state index is 12.2. The number of benzene rings is 1. The van der Waals surface area contributed by atoms with Crippen LogP contribution >= 0.6 is 0 Å². The zero-order valence-electron chi connectivity index (χ0n) is 15.2. The van der Waals surface area contributed by atoms with Gasteiger partial charge in [-0.15, -0.1) is 0 Å². The molecule has 1 N–H and O–H groups in total. The molecule has 0 aliphatic rings. The van der Waals surface area contributed by atoms with E-state index in [1.807, 2.05) is 30.3 Å². The Bertz CT molecular complexity index is 585. The van der Waals surface area contributed by atoms with Crippen LogP contribution in [-0.2, 0) is 14.0 Å². The van der Waals surface area contributed by atoms with E-state index in [2.05, 4.69) is 33.9 Å². The van der Waals surface area contributed by atoms with Crippen molar-refractivity contribution < 1.29 is 19.1 Å². The number of aliphatic carboxylic acids is 1. The van der Waals surface area contributed by atoms with E-state index >= 15 is 0 Å². The average Bonchev–Trinajstić information content (AvgIpc) is 2.43. The van der Waals surface area contributed by atoms with Crippen LogP contribution in [0.25, 0.3) is 6.08 Å². The molecule has 0 spiro atoms. The summed E-state index contributed by atoms with van der Waals surface area (Å²) >= 11 is 0. The Balaban J connectivity index is 2.77. The topological polar surface area (TPSA) is 63.6 Å². The number of carbonyl (C=O) groups is 2. The smallest absolute Gasteiger partial charge is 0.305 e. The molecule has 0 unspecified atom stereocenters. The quantitative estimate of drug-likeness (QED) is 0.554. The fourth-order valence-corrected chi connectivity index (χ4v) is 3.34. The van der Waals surface area contributed by atoms with Crippen molar-refractivity contribution in [1.82, 2.24) is 0 Å². The Hall–Kier alpha value is -1.72. The van der Waals surface area contributed by atoms with E-state index < -0.39 is 20.4 Å². The van der Waals surface area contributed by atoms with Gasteiger partial charge in [0.1, 0.15) is 0 Å². The average molecular weight is 349 g/mol. The number of ketones is 1. The molecule has 0 bridgehead atoms. The fraction of sp³-hybridized carbons (Fsp3) is 0.474. The second-order valence-corrected chi connectivity index (χ2v) is 12.3. The summed E-state index contributed by atoms with van der Waals surface area (Å²) in [5, 5.41) is 9.08. The first-order chi connectivity index (χ1) is 11.0. The van der Waals surface area contributed by atoms with E-state index in [0.717, 1.165) is 5.56 Å². The largest absolute Gasteiger partial charge is 0.481 e. The normalized spacial score (nSPS) is 13.9. The van der Waals surface area contributed by atoms with Gasteiger partial charge in [0.25, 0.3) is 0 Å². The number of carbonyl (C=O) groups excluding carboxylic acids is 1. The first-order valence-electron chi connectivity index (χ1n) is 8.17. The molecule has 0 aromatic heterocycles. The van der Waals surface area contributed by atoms with Crippen LogP contribution in [-0.4, -0.2) is 31.3 Å². The highest BCUT2D eigenvalue weighted by molar-refractivity contribution is 6.74. The Morgan fingerprint density at radius 2 is 1.75 bits per heavy atom. The highest BCUT2D eigenvalue weighted by Gasteiger charge is 2.39. The molecule has 0 saturated carbocycles. The van der Waals surface area contributed by atoms with Crippen LogP contribution in [0.1, 0.15) is 39.2 Å². The summed E-state index contributed by atoms with van der Waals surface area (Å²) in [4.78, 5) is 23.3. The van der Waals surface area contributed by atoms with Crippen molar-refractivity contribution in [1.29, 1.82) is 0 Å². The van der Waals surface area contributed by atoms with Crippen molar-refractivity contribution in [2.24, 2.45) is 0 Å². The van der Waals surface area contributed by atoms with E-state index in [1.165, 1.54) is 6.08 Å². The second kappa shape index (κ2) is 8.40. The number of allylic oxidation sites excluding steroid dienone is 1. The van der Waals surface area contributed by atoms with Crippen LogP contribution in [0.4, 0.5) is 0 Å². The van der Waals surface area contributed by atoms with Crippen molar-refractivity contribution in [3.8, 4) is 0 Å². The van der Waals surface area contributed by atoms with Crippen molar-refractivity contribution >= 4 is 26.1 Å². The zero-order valence-corrected chi connectivity index (χ0v) is 16.2.